The number of benzene rings is 1. The number of phenolic OH excluding ortho intramolecular Hbond substituents is 1. The first-order valence-electron chi connectivity index (χ1n) is 22.8. The van der Waals surface area contributed by atoms with Gasteiger partial charge in [-0.2, -0.15) is 0 Å². The monoisotopic (exact) mass is 994 g/mol. The first kappa shape index (κ1) is 51.3. The Morgan fingerprint density at radius 2 is 1.50 bits per heavy atom. The van der Waals surface area contributed by atoms with E-state index in [2.05, 4.69) is 46.5 Å². The molecule has 368 valence electrons. The number of ether oxygens (including phenoxy) is 7. The van der Waals surface area contributed by atoms with E-state index in [0.717, 1.165) is 21.7 Å². The molecule has 0 saturated heterocycles. The maximum atomic E-state index is 14.0. The van der Waals surface area contributed by atoms with Crippen LogP contribution in [-0.4, -0.2) is 152 Å². The van der Waals surface area contributed by atoms with Crippen molar-refractivity contribution in [3.8, 4) is 17.1 Å². The van der Waals surface area contributed by atoms with Crippen LogP contribution in [0.4, 0.5) is 0 Å². The number of rotatable bonds is 28. The predicted octanol–water partition coefficient (Wildman–Crippen LogP) is 2.74. The minimum absolute atomic E-state index is 0.0486. The standard InChI is InChI=1S/C45H62N8O12SSi2/c1-6-45(57)37-22-39-40-35(27-53(39)42(55)36(37)29-64-43(45)56)41(34-21-33(54)7-8-38(34)49-40)68(4,5)65-67(2,3)30-66-44-47-23-31(24-48-44)25-52-26-32(50-51-52)28-63-20-19-62-18-17-61-16-15-60-14-13-59-12-11-58-10-9-46/h7-8,21-24,26,54,57H,6,9-20,25,27-30,46H2,1-5H3/t45-/m0/s1. The van der Waals surface area contributed by atoms with E-state index in [9.17, 15) is 19.8 Å². The Hall–Kier alpha value is -4.51. The van der Waals surface area contributed by atoms with Crippen LogP contribution in [0.25, 0.3) is 22.3 Å². The quantitative estimate of drug-likeness (QED) is 0.0210. The van der Waals surface area contributed by atoms with E-state index in [4.69, 9.17) is 48.0 Å². The Kier molecular flexibility index (Phi) is 17.7. The first-order valence-corrected chi connectivity index (χ1v) is 29.8. The van der Waals surface area contributed by atoms with Gasteiger partial charge in [0, 0.05) is 46.4 Å². The van der Waals surface area contributed by atoms with Crippen LogP contribution < -0.4 is 16.5 Å². The van der Waals surface area contributed by atoms with Crippen molar-refractivity contribution in [1.82, 2.24) is 34.5 Å². The second-order valence-electron chi connectivity index (χ2n) is 17.5. The Morgan fingerprint density at radius 3 is 2.13 bits per heavy atom. The lowest BCUT2D eigenvalue weighted by molar-refractivity contribution is -0.172. The minimum atomic E-state index is -2.84. The Labute approximate surface area is 401 Å². The number of esters is 1. The molecule has 6 heterocycles. The lowest BCUT2D eigenvalue weighted by Gasteiger charge is -2.35. The summed E-state index contributed by atoms with van der Waals surface area (Å²) in [5.74, 6) is -0.677. The largest absolute Gasteiger partial charge is 0.508 e. The fourth-order valence-electron chi connectivity index (χ4n) is 8.29. The maximum Gasteiger partial charge on any atom is 0.343 e. The van der Waals surface area contributed by atoms with Crippen LogP contribution in [0.5, 0.6) is 5.75 Å². The van der Waals surface area contributed by atoms with Crippen LogP contribution in [0.3, 0.4) is 0 Å². The molecule has 0 saturated carbocycles. The summed E-state index contributed by atoms with van der Waals surface area (Å²) in [4.78, 5) is 41.1. The lowest BCUT2D eigenvalue weighted by Crippen LogP contribution is -2.55. The smallest absolute Gasteiger partial charge is 0.343 e. The molecular weight excluding hydrogens is 933 g/mol. The van der Waals surface area contributed by atoms with E-state index in [-0.39, 0.29) is 42.0 Å². The number of phenols is 1. The van der Waals surface area contributed by atoms with E-state index < -0.39 is 28.2 Å². The molecule has 2 aliphatic heterocycles. The zero-order valence-electron chi connectivity index (χ0n) is 39.4. The zero-order valence-corrected chi connectivity index (χ0v) is 42.2. The van der Waals surface area contributed by atoms with Crippen molar-refractivity contribution in [2.45, 2.75) is 76.6 Å². The number of aliphatic hydroxyl groups is 1. The number of nitrogens with zero attached hydrogens (tertiary/aromatic N) is 7. The van der Waals surface area contributed by atoms with Crippen LogP contribution >= 0.6 is 11.8 Å². The fraction of sp³-hybridized carbons (Fsp3) is 0.533. The van der Waals surface area contributed by atoms with E-state index in [1.165, 1.54) is 11.8 Å². The van der Waals surface area contributed by atoms with Crippen molar-refractivity contribution in [3.63, 3.8) is 0 Å². The van der Waals surface area contributed by atoms with Gasteiger partial charge in [0.25, 0.3) is 5.56 Å². The third kappa shape index (κ3) is 12.6. The van der Waals surface area contributed by atoms with Crippen LogP contribution in [0.1, 0.15) is 41.3 Å². The number of hydrogen-bond donors (Lipinski definition) is 3. The summed E-state index contributed by atoms with van der Waals surface area (Å²) >= 11 is 1.54. The van der Waals surface area contributed by atoms with Gasteiger partial charge in [0.05, 0.1) is 121 Å². The normalized spacial score (nSPS) is 15.7. The zero-order chi connectivity index (χ0) is 48.3. The highest BCUT2D eigenvalue weighted by Gasteiger charge is 2.46. The molecule has 0 radical (unpaired) electrons. The highest BCUT2D eigenvalue weighted by molar-refractivity contribution is 8.00. The number of cyclic esters (lactones) is 1. The number of carbonyl (C=O) groups is 1. The van der Waals surface area contributed by atoms with E-state index in [0.29, 0.717) is 126 Å². The highest BCUT2D eigenvalue weighted by atomic mass is 32.2. The van der Waals surface area contributed by atoms with Crippen LogP contribution in [0.2, 0.25) is 26.2 Å². The van der Waals surface area contributed by atoms with Crippen molar-refractivity contribution in [1.29, 1.82) is 0 Å². The fourth-order valence-corrected chi connectivity index (χ4v) is 18.9. The Morgan fingerprint density at radius 1 is 0.868 bits per heavy atom. The molecule has 5 aromatic rings. The number of nitrogens with two attached hydrogens (primary N) is 1. The van der Waals surface area contributed by atoms with Crippen molar-refractivity contribution >= 4 is 50.5 Å². The van der Waals surface area contributed by atoms with Crippen molar-refractivity contribution in [3.05, 3.63) is 81.2 Å². The highest BCUT2D eigenvalue weighted by Crippen LogP contribution is 2.39. The van der Waals surface area contributed by atoms with Gasteiger partial charge in [-0.05, 0) is 62.1 Å². The Bertz CT molecular complexity index is 2570. The predicted molar refractivity (Wildman–Crippen MR) is 257 cm³/mol. The van der Waals surface area contributed by atoms with Crippen LogP contribution in [0.15, 0.2) is 52.8 Å². The molecule has 0 aliphatic carbocycles. The molecule has 0 unspecified atom stereocenters. The summed E-state index contributed by atoms with van der Waals surface area (Å²) < 4.78 is 48.8. The molecule has 68 heavy (non-hydrogen) atoms. The van der Waals surface area contributed by atoms with Gasteiger partial charge in [0.15, 0.2) is 19.1 Å². The molecule has 4 aromatic heterocycles. The molecule has 1 aromatic carbocycles. The molecular formula is C45H62N8O12SSi2. The molecule has 0 bridgehead atoms. The van der Waals surface area contributed by atoms with Gasteiger partial charge in [-0.15, -0.1) is 5.10 Å². The number of pyridine rings is 2. The van der Waals surface area contributed by atoms with Crippen LogP contribution in [-0.2, 0) is 74.0 Å². The lowest BCUT2D eigenvalue weighted by atomic mass is 9.86. The van der Waals surface area contributed by atoms with E-state index in [1.54, 1.807) is 52.8 Å². The average Bonchev–Trinajstić information content (AvgIpc) is 3.92. The minimum Gasteiger partial charge on any atom is -0.508 e. The molecule has 0 spiro atoms. The second-order valence-corrected chi connectivity index (χ2v) is 27.1. The van der Waals surface area contributed by atoms with E-state index >= 15 is 0 Å². The number of fused-ring (bicyclic) bond motifs is 5. The summed E-state index contributed by atoms with van der Waals surface area (Å²) in [5, 5.41) is 33.5. The number of carbonyl (C=O) groups excluding carboxylic acids is 1. The molecule has 1 atom stereocenters. The number of aromatic hydroxyl groups is 1. The number of aromatic nitrogens is 7. The first-order chi connectivity index (χ1) is 32.7. The van der Waals surface area contributed by atoms with Crippen molar-refractivity contribution < 1.29 is 52.3 Å². The molecule has 4 N–H and O–H groups in total. The van der Waals surface area contributed by atoms with Gasteiger partial charge in [-0.3, -0.25) is 4.79 Å². The van der Waals surface area contributed by atoms with Crippen molar-refractivity contribution in [2.24, 2.45) is 5.73 Å². The number of thioether (sulfide) groups is 1. The maximum absolute atomic E-state index is 14.0. The van der Waals surface area contributed by atoms with Gasteiger partial charge < -0.3 is 57.8 Å². The molecule has 20 nitrogen and oxygen atoms in total. The summed E-state index contributed by atoms with van der Waals surface area (Å²) in [5.41, 5.74) is 7.75. The van der Waals surface area contributed by atoms with Gasteiger partial charge in [0.2, 0.25) is 8.32 Å². The summed E-state index contributed by atoms with van der Waals surface area (Å²) in [6, 6.07) is 6.77. The van der Waals surface area contributed by atoms with Crippen LogP contribution in [0, 0.1) is 0 Å². The topological polar surface area (TPSA) is 249 Å². The SMILES string of the molecule is CC[C@@]1(O)C(=O)OCc2c1cc1n(c2=O)Cc2c-1nc1ccc(O)cc1c2[Si](C)(C)O[Si](C)(C)CSc1ncc(Cn2cc(COCCOCCOCCOCCOCCOCCN)nn2)cn1. The Balaban J connectivity index is 0.867. The van der Waals surface area contributed by atoms with Gasteiger partial charge in [-0.1, -0.05) is 23.9 Å². The summed E-state index contributed by atoms with van der Waals surface area (Å²) in [6.45, 7) is 16.8. The summed E-state index contributed by atoms with van der Waals surface area (Å²) in [7, 11) is -5.29. The molecule has 0 fully saturated rings. The average molecular weight is 995 g/mol. The molecule has 7 rings (SSSR count). The van der Waals surface area contributed by atoms with Gasteiger partial charge >= 0.3 is 5.97 Å². The second kappa shape index (κ2) is 23.4. The third-order valence-electron chi connectivity index (χ3n) is 11.3. The molecule has 0 amide bonds. The van der Waals surface area contributed by atoms with Gasteiger partial charge in [0.1, 0.15) is 18.1 Å². The van der Waals surface area contributed by atoms with Gasteiger partial charge in [-0.25, -0.2) is 24.4 Å². The van der Waals surface area contributed by atoms with Crippen molar-refractivity contribution in [2.75, 3.05) is 84.6 Å². The molecule has 23 heteroatoms. The van der Waals surface area contributed by atoms with E-state index in [1.807, 2.05) is 6.20 Å². The molecule has 2 aliphatic rings. The third-order valence-corrected chi connectivity index (χ3v) is 21.2. The number of hydrogen-bond acceptors (Lipinski definition) is 19. The summed E-state index contributed by atoms with van der Waals surface area (Å²) in [6.07, 6.45) is 5.45.